The molecule has 0 amide bonds. The van der Waals surface area contributed by atoms with Gasteiger partial charge in [-0.05, 0) is 18.9 Å². The molecule has 1 radical (unpaired) electrons. The number of allylic oxidation sites excluding steroid dienone is 1. The minimum Gasteiger partial charge on any atom is -0.501 e. The maximum absolute atomic E-state index is 11.8. The zero-order valence-electron chi connectivity index (χ0n) is 18.7. The van der Waals surface area contributed by atoms with Gasteiger partial charge in [0, 0.05) is 13.0 Å². The molecular formula is C23H45NO4P. The maximum atomic E-state index is 11.8. The molecule has 1 unspecified atom stereocenters. The lowest BCUT2D eigenvalue weighted by molar-refractivity contribution is 0.220. The molecule has 1 aliphatic rings. The third-order valence-electron chi connectivity index (χ3n) is 5.16. The molecule has 0 aromatic carbocycles. The smallest absolute Gasteiger partial charge is 0.405 e. The number of hydrogen-bond acceptors (Lipinski definition) is 4. The van der Waals surface area contributed by atoms with Crippen molar-refractivity contribution in [2.75, 3.05) is 26.4 Å². The van der Waals surface area contributed by atoms with Crippen molar-refractivity contribution < 1.29 is 18.3 Å². The van der Waals surface area contributed by atoms with E-state index in [9.17, 15) is 4.57 Å². The summed E-state index contributed by atoms with van der Waals surface area (Å²) in [5, 5.41) is 2.73. The Balaban J connectivity index is 1.70. The summed E-state index contributed by atoms with van der Waals surface area (Å²) in [5.41, 5.74) is 0. The first-order valence-corrected chi connectivity index (χ1v) is 13.5. The third kappa shape index (κ3) is 17.1. The monoisotopic (exact) mass is 430 g/mol. The summed E-state index contributed by atoms with van der Waals surface area (Å²) >= 11 is 0. The Bertz CT molecular complexity index is 421. The van der Waals surface area contributed by atoms with Crippen molar-refractivity contribution >= 4 is 7.75 Å². The molecule has 6 heteroatoms. The summed E-state index contributed by atoms with van der Waals surface area (Å²) in [4.78, 5) is 0. The Morgan fingerprint density at radius 1 is 0.862 bits per heavy atom. The van der Waals surface area contributed by atoms with Gasteiger partial charge in [0.05, 0.1) is 26.1 Å². The van der Waals surface area contributed by atoms with E-state index >= 15 is 0 Å². The molecule has 171 valence electrons. The van der Waals surface area contributed by atoms with Crippen molar-refractivity contribution in [3.8, 4) is 0 Å². The Morgan fingerprint density at radius 2 is 1.45 bits per heavy atom. The van der Waals surface area contributed by atoms with Gasteiger partial charge >= 0.3 is 7.75 Å². The van der Waals surface area contributed by atoms with E-state index in [1.807, 2.05) is 0 Å². The molecule has 0 saturated carbocycles. The molecule has 1 fully saturated rings. The molecule has 0 aliphatic carbocycles. The van der Waals surface area contributed by atoms with Crippen molar-refractivity contribution in [3.05, 3.63) is 18.8 Å². The van der Waals surface area contributed by atoms with Crippen molar-refractivity contribution in [3.63, 3.8) is 0 Å². The van der Waals surface area contributed by atoms with E-state index in [0.717, 1.165) is 6.42 Å². The van der Waals surface area contributed by atoms with Crippen LogP contribution in [-0.4, -0.2) is 26.4 Å². The van der Waals surface area contributed by atoms with Crippen LogP contribution in [0.2, 0.25) is 0 Å². The SMILES string of the molecule is CCCCCCCCCCCCCCCC/C=C\OC[CH]COP1(=O)NCCO1. The van der Waals surface area contributed by atoms with Crippen LogP contribution in [-0.2, 0) is 18.3 Å². The van der Waals surface area contributed by atoms with E-state index in [1.165, 1.54) is 89.9 Å². The van der Waals surface area contributed by atoms with Crippen LogP contribution in [0, 0.1) is 6.42 Å². The molecule has 0 spiro atoms. The highest BCUT2D eigenvalue weighted by molar-refractivity contribution is 7.51. The zero-order valence-corrected chi connectivity index (χ0v) is 19.6. The standard InChI is InChI=1S/C23H45NO4P/c1-2-3-4-5-6-7-8-9-10-11-12-13-14-15-16-17-20-26-21-18-22-27-29(25)24-19-23-28-29/h17-18,20H,2-16,19,21-23H2,1H3,(H,24,25)/b20-17-. The molecule has 1 aliphatic heterocycles. The Labute approximate surface area is 179 Å². The lowest BCUT2D eigenvalue weighted by Crippen LogP contribution is -2.07. The van der Waals surface area contributed by atoms with Crippen molar-refractivity contribution in [1.82, 2.24) is 5.09 Å². The Hall–Kier alpha value is -0.350. The number of rotatable bonds is 21. The maximum Gasteiger partial charge on any atom is 0.405 e. The quantitative estimate of drug-likeness (QED) is 0.117. The van der Waals surface area contributed by atoms with Crippen LogP contribution in [0.3, 0.4) is 0 Å². The number of nitrogens with one attached hydrogen (secondary N) is 1. The molecule has 1 N–H and O–H groups in total. The second kappa shape index (κ2) is 19.6. The lowest BCUT2D eigenvalue weighted by atomic mass is 10.0. The topological polar surface area (TPSA) is 56.8 Å². The summed E-state index contributed by atoms with van der Waals surface area (Å²) < 4.78 is 27.4. The van der Waals surface area contributed by atoms with Crippen molar-refractivity contribution in [2.24, 2.45) is 0 Å². The van der Waals surface area contributed by atoms with Crippen LogP contribution in [0.1, 0.15) is 103 Å². The van der Waals surface area contributed by atoms with Gasteiger partial charge in [-0.25, -0.2) is 9.65 Å². The second-order valence-electron chi connectivity index (χ2n) is 7.91. The zero-order chi connectivity index (χ0) is 20.9. The first-order valence-electron chi connectivity index (χ1n) is 12.0. The lowest BCUT2D eigenvalue weighted by Gasteiger charge is -2.10. The van der Waals surface area contributed by atoms with E-state index in [1.54, 1.807) is 12.7 Å². The fourth-order valence-corrected chi connectivity index (χ4v) is 4.65. The van der Waals surface area contributed by atoms with Gasteiger partial charge in [-0.15, -0.1) is 0 Å². The fraction of sp³-hybridized carbons (Fsp3) is 0.870. The van der Waals surface area contributed by atoms with Crippen LogP contribution >= 0.6 is 7.75 Å². The van der Waals surface area contributed by atoms with E-state index in [0.29, 0.717) is 19.8 Å². The van der Waals surface area contributed by atoms with E-state index < -0.39 is 7.75 Å². The highest BCUT2D eigenvalue weighted by Crippen LogP contribution is 2.46. The minimum atomic E-state index is -3.02. The number of ether oxygens (including phenoxy) is 1. The highest BCUT2D eigenvalue weighted by Gasteiger charge is 2.28. The summed E-state index contributed by atoms with van der Waals surface area (Å²) in [6.45, 7) is 4.01. The van der Waals surface area contributed by atoms with Crippen LogP contribution in [0.15, 0.2) is 12.3 Å². The predicted octanol–water partition coefficient (Wildman–Crippen LogP) is 7.34. The summed E-state index contributed by atoms with van der Waals surface area (Å²) in [7, 11) is -3.02. The third-order valence-corrected chi connectivity index (χ3v) is 6.78. The molecule has 0 bridgehead atoms. The van der Waals surface area contributed by atoms with Crippen molar-refractivity contribution in [2.45, 2.75) is 103 Å². The van der Waals surface area contributed by atoms with Gasteiger partial charge < -0.3 is 4.74 Å². The molecule has 1 heterocycles. The van der Waals surface area contributed by atoms with Gasteiger partial charge in [0.1, 0.15) is 0 Å². The van der Waals surface area contributed by atoms with Crippen molar-refractivity contribution in [1.29, 1.82) is 0 Å². The van der Waals surface area contributed by atoms with Gasteiger partial charge in [-0.2, -0.15) is 0 Å². The molecule has 5 nitrogen and oxygen atoms in total. The minimum absolute atomic E-state index is 0.261. The van der Waals surface area contributed by atoms with Gasteiger partial charge in [-0.3, -0.25) is 9.05 Å². The summed E-state index contributed by atoms with van der Waals surface area (Å²) in [5.74, 6) is 0. The summed E-state index contributed by atoms with van der Waals surface area (Å²) in [6, 6.07) is 0. The van der Waals surface area contributed by atoms with Gasteiger partial charge in [0.2, 0.25) is 0 Å². The van der Waals surface area contributed by atoms with Gasteiger partial charge in [0.15, 0.2) is 0 Å². The van der Waals surface area contributed by atoms with E-state index in [4.69, 9.17) is 13.8 Å². The molecular weight excluding hydrogens is 385 g/mol. The Kier molecular flexibility index (Phi) is 18.0. The Morgan fingerprint density at radius 3 is 2.00 bits per heavy atom. The molecule has 1 atom stereocenters. The van der Waals surface area contributed by atoms with Crippen LogP contribution in [0.25, 0.3) is 0 Å². The van der Waals surface area contributed by atoms with Crippen LogP contribution in [0.4, 0.5) is 0 Å². The van der Waals surface area contributed by atoms with Gasteiger partial charge in [-0.1, -0.05) is 90.4 Å². The summed E-state index contributed by atoms with van der Waals surface area (Å²) in [6.07, 6.45) is 26.2. The highest BCUT2D eigenvalue weighted by atomic mass is 31.2. The molecule has 1 saturated heterocycles. The first-order chi connectivity index (χ1) is 14.3. The molecule has 1 rings (SSSR count). The first kappa shape index (κ1) is 26.7. The molecule has 0 aromatic heterocycles. The fourth-order valence-electron chi connectivity index (χ4n) is 3.39. The van der Waals surface area contributed by atoms with Gasteiger partial charge in [0.25, 0.3) is 0 Å². The van der Waals surface area contributed by atoms with Crippen LogP contribution < -0.4 is 5.09 Å². The largest absolute Gasteiger partial charge is 0.501 e. The normalized spacial score (nSPS) is 19.3. The average molecular weight is 431 g/mol. The molecule has 29 heavy (non-hydrogen) atoms. The number of hydrogen-bond donors (Lipinski definition) is 1. The number of unbranched alkanes of at least 4 members (excludes halogenated alkanes) is 14. The molecule has 0 aromatic rings. The van der Waals surface area contributed by atoms with E-state index in [2.05, 4.69) is 18.1 Å². The second-order valence-corrected chi connectivity index (χ2v) is 9.74. The predicted molar refractivity (Wildman–Crippen MR) is 122 cm³/mol. The van der Waals surface area contributed by atoms with E-state index in [-0.39, 0.29) is 6.61 Å². The average Bonchev–Trinajstić information content (AvgIpc) is 3.15. The van der Waals surface area contributed by atoms with Crippen LogP contribution in [0.5, 0.6) is 0 Å².